The van der Waals surface area contributed by atoms with Gasteiger partial charge in [0.2, 0.25) is 0 Å². The highest BCUT2D eigenvalue weighted by Crippen LogP contribution is 2.24. The number of benzene rings is 1. The third kappa shape index (κ3) is 3.33. The van der Waals surface area contributed by atoms with Gasteiger partial charge in [0.25, 0.3) is 5.78 Å². The van der Waals surface area contributed by atoms with E-state index in [4.69, 9.17) is 0 Å². The second kappa shape index (κ2) is 6.78. The van der Waals surface area contributed by atoms with Crippen LogP contribution in [-0.2, 0) is 0 Å². The van der Waals surface area contributed by atoms with Crippen LogP contribution in [0.5, 0.6) is 0 Å². The minimum absolute atomic E-state index is 0.292. The van der Waals surface area contributed by atoms with Crippen molar-refractivity contribution in [3.05, 3.63) is 42.7 Å². The van der Waals surface area contributed by atoms with Gasteiger partial charge in [0.15, 0.2) is 0 Å². The lowest BCUT2D eigenvalue weighted by atomic mass is 10.1. The average Bonchev–Trinajstić information content (AvgIpc) is 3.10. The van der Waals surface area contributed by atoms with E-state index in [0.717, 1.165) is 49.8 Å². The van der Waals surface area contributed by atoms with Gasteiger partial charge in [-0.25, -0.2) is 4.98 Å². The van der Waals surface area contributed by atoms with Crippen molar-refractivity contribution in [2.24, 2.45) is 0 Å². The topological polar surface area (TPSA) is 69.8 Å². The van der Waals surface area contributed by atoms with Crippen molar-refractivity contribution in [2.45, 2.75) is 13.0 Å². The predicted molar refractivity (Wildman–Crippen MR) is 96.6 cm³/mol. The fourth-order valence-electron chi connectivity index (χ4n) is 3.31. The second-order valence-electron chi connectivity index (χ2n) is 6.47. The molecule has 0 spiro atoms. The lowest BCUT2D eigenvalue weighted by Gasteiger charge is -2.36. The SMILES string of the molecule is C[C@@H](O)CN1CCN(c2cc(-c3ccccc3)nc3ncnn23)CC1. The first-order chi connectivity index (χ1) is 12.2. The molecule has 0 radical (unpaired) electrons. The van der Waals surface area contributed by atoms with Crippen molar-refractivity contribution in [3.8, 4) is 11.3 Å². The van der Waals surface area contributed by atoms with Crippen LogP contribution < -0.4 is 4.90 Å². The fourth-order valence-corrected chi connectivity index (χ4v) is 3.31. The van der Waals surface area contributed by atoms with Crippen molar-refractivity contribution in [2.75, 3.05) is 37.6 Å². The van der Waals surface area contributed by atoms with Crippen molar-refractivity contribution in [1.82, 2.24) is 24.5 Å². The Morgan fingerprint density at radius 2 is 1.88 bits per heavy atom. The second-order valence-corrected chi connectivity index (χ2v) is 6.47. The van der Waals surface area contributed by atoms with Gasteiger partial charge in [-0.15, -0.1) is 0 Å². The summed E-state index contributed by atoms with van der Waals surface area (Å²) in [7, 11) is 0. The van der Waals surface area contributed by atoms with Gasteiger partial charge in [-0.1, -0.05) is 30.3 Å². The molecule has 25 heavy (non-hydrogen) atoms. The standard InChI is InChI=1S/C18H22N6O/c1-14(25)12-22-7-9-23(10-8-22)17-11-16(15-5-3-2-4-6-15)21-18-19-13-20-24(17)18/h2-6,11,13-14,25H,7-10,12H2,1H3/t14-/m1/s1. The molecule has 3 heterocycles. The third-order valence-electron chi connectivity index (χ3n) is 4.52. The Labute approximate surface area is 146 Å². The molecule has 1 aliphatic rings. The average molecular weight is 338 g/mol. The highest BCUT2D eigenvalue weighted by molar-refractivity contribution is 5.65. The van der Waals surface area contributed by atoms with E-state index in [1.807, 2.05) is 25.1 Å². The molecule has 4 rings (SSSR count). The summed E-state index contributed by atoms with van der Waals surface area (Å²) in [5.74, 6) is 1.63. The van der Waals surface area contributed by atoms with Crippen LogP contribution in [0.4, 0.5) is 5.82 Å². The summed E-state index contributed by atoms with van der Waals surface area (Å²) >= 11 is 0. The molecule has 1 saturated heterocycles. The Morgan fingerprint density at radius 1 is 1.12 bits per heavy atom. The van der Waals surface area contributed by atoms with Crippen LogP contribution in [0.2, 0.25) is 0 Å². The number of rotatable bonds is 4. The van der Waals surface area contributed by atoms with Gasteiger partial charge in [-0.3, -0.25) is 4.90 Å². The molecule has 0 unspecified atom stereocenters. The number of hydrogen-bond acceptors (Lipinski definition) is 6. The molecule has 1 aliphatic heterocycles. The summed E-state index contributed by atoms with van der Waals surface area (Å²) in [6, 6.07) is 12.2. The van der Waals surface area contributed by atoms with Crippen molar-refractivity contribution in [1.29, 1.82) is 0 Å². The molecule has 0 aliphatic carbocycles. The Balaban J connectivity index is 1.64. The Morgan fingerprint density at radius 3 is 2.60 bits per heavy atom. The summed E-state index contributed by atoms with van der Waals surface area (Å²) in [6.45, 7) is 6.17. The molecule has 0 bridgehead atoms. The maximum absolute atomic E-state index is 9.58. The summed E-state index contributed by atoms with van der Waals surface area (Å²) in [6.07, 6.45) is 1.25. The van der Waals surface area contributed by atoms with Crippen LogP contribution in [0, 0.1) is 0 Å². The van der Waals surface area contributed by atoms with Crippen LogP contribution in [0.3, 0.4) is 0 Å². The minimum Gasteiger partial charge on any atom is -0.392 e. The van der Waals surface area contributed by atoms with Gasteiger partial charge >= 0.3 is 0 Å². The number of nitrogens with zero attached hydrogens (tertiary/aromatic N) is 6. The van der Waals surface area contributed by atoms with Gasteiger partial charge in [-0.05, 0) is 6.92 Å². The summed E-state index contributed by atoms with van der Waals surface area (Å²) in [5.41, 5.74) is 1.98. The summed E-state index contributed by atoms with van der Waals surface area (Å²) in [5, 5.41) is 13.9. The number of hydrogen-bond donors (Lipinski definition) is 1. The van der Waals surface area contributed by atoms with Crippen LogP contribution in [0.25, 0.3) is 17.0 Å². The van der Waals surface area contributed by atoms with Crippen molar-refractivity contribution >= 4 is 11.6 Å². The van der Waals surface area contributed by atoms with Gasteiger partial charge in [-0.2, -0.15) is 14.6 Å². The molecule has 130 valence electrons. The first-order valence-corrected chi connectivity index (χ1v) is 8.62. The van der Waals surface area contributed by atoms with E-state index in [0.29, 0.717) is 5.78 Å². The molecule has 1 fully saturated rings. The van der Waals surface area contributed by atoms with E-state index in [2.05, 4.69) is 43.1 Å². The van der Waals surface area contributed by atoms with Gasteiger partial charge in [0, 0.05) is 44.4 Å². The van der Waals surface area contributed by atoms with Crippen molar-refractivity contribution < 1.29 is 5.11 Å². The zero-order valence-corrected chi connectivity index (χ0v) is 14.3. The molecule has 1 atom stereocenters. The highest BCUT2D eigenvalue weighted by Gasteiger charge is 2.21. The first-order valence-electron chi connectivity index (χ1n) is 8.62. The largest absolute Gasteiger partial charge is 0.392 e. The maximum Gasteiger partial charge on any atom is 0.254 e. The zero-order chi connectivity index (χ0) is 17.2. The smallest absolute Gasteiger partial charge is 0.254 e. The van der Waals surface area contributed by atoms with E-state index in [9.17, 15) is 5.11 Å². The molecular formula is C18H22N6O. The Bertz CT molecular complexity index is 839. The molecular weight excluding hydrogens is 316 g/mol. The summed E-state index contributed by atoms with van der Waals surface area (Å²) in [4.78, 5) is 13.5. The number of anilines is 1. The highest BCUT2D eigenvalue weighted by atomic mass is 16.3. The maximum atomic E-state index is 9.58. The molecule has 0 saturated carbocycles. The Kier molecular flexibility index (Phi) is 4.33. The lowest BCUT2D eigenvalue weighted by Crippen LogP contribution is -2.48. The van der Waals surface area contributed by atoms with Crippen LogP contribution in [0.15, 0.2) is 42.7 Å². The van der Waals surface area contributed by atoms with E-state index in [1.165, 1.54) is 0 Å². The van der Waals surface area contributed by atoms with Gasteiger partial charge in [0.1, 0.15) is 12.1 Å². The summed E-state index contributed by atoms with van der Waals surface area (Å²) < 4.78 is 1.80. The van der Waals surface area contributed by atoms with Gasteiger partial charge < -0.3 is 10.0 Å². The monoisotopic (exact) mass is 338 g/mol. The first kappa shape index (κ1) is 16.0. The number of aromatic nitrogens is 4. The number of aliphatic hydroxyl groups excluding tert-OH is 1. The van der Waals surface area contributed by atoms with E-state index in [1.54, 1.807) is 10.8 Å². The number of β-amino-alcohol motifs (C(OH)–C–C–N with tert-alkyl or cyclic N) is 1. The quantitative estimate of drug-likeness (QED) is 0.773. The fraction of sp³-hybridized carbons (Fsp3) is 0.389. The normalized spacial score (nSPS) is 17.1. The molecule has 1 aromatic carbocycles. The number of piperazine rings is 1. The Hall–Kier alpha value is -2.51. The molecule has 1 N–H and O–H groups in total. The van der Waals surface area contributed by atoms with Crippen molar-refractivity contribution in [3.63, 3.8) is 0 Å². The number of fused-ring (bicyclic) bond motifs is 1. The molecule has 3 aromatic rings. The third-order valence-corrected chi connectivity index (χ3v) is 4.52. The molecule has 0 amide bonds. The van der Waals surface area contributed by atoms with Gasteiger partial charge in [0.05, 0.1) is 11.8 Å². The lowest BCUT2D eigenvalue weighted by molar-refractivity contribution is 0.122. The molecule has 7 nitrogen and oxygen atoms in total. The number of aliphatic hydroxyl groups is 1. The van der Waals surface area contributed by atoms with E-state index >= 15 is 0 Å². The molecule has 7 heteroatoms. The van der Waals surface area contributed by atoms with E-state index < -0.39 is 0 Å². The van der Waals surface area contributed by atoms with Crippen LogP contribution in [0.1, 0.15) is 6.92 Å². The van der Waals surface area contributed by atoms with Crippen LogP contribution in [-0.4, -0.2) is 68.4 Å². The predicted octanol–water partition coefficient (Wildman–Crippen LogP) is 1.29. The molecule has 2 aromatic heterocycles. The van der Waals surface area contributed by atoms with E-state index in [-0.39, 0.29) is 6.10 Å². The zero-order valence-electron chi connectivity index (χ0n) is 14.3. The van der Waals surface area contributed by atoms with Crippen LogP contribution >= 0.6 is 0 Å². The minimum atomic E-state index is -0.292.